The number of hydrogen-bond acceptors (Lipinski definition) is 10. The van der Waals surface area contributed by atoms with E-state index >= 15 is 4.39 Å². The molecule has 21 heteroatoms. The van der Waals surface area contributed by atoms with E-state index in [2.05, 4.69) is 63.5 Å². The van der Waals surface area contributed by atoms with E-state index in [0.29, 0.717) is 67.3 Å². The molecule has 4 N–H and O–H groups in total. The predicted molar refractivity (Wildman–Crippen MR) is 309 cm³/mol. The molecule has 8 heterocycles. The van der Waals surface area contributed by atoms with Gasteiger partial charge in [0.05, 0.1) is 24.4 Å². The zero-order valence-corrected chi connectivity index (χ0v) is 52.9. The van der Waals surface area contributed by atoms with E-state index < -0.39 is 30.6 Å². The Morgan fingerprint density at radius 2 is 1.08 bits per heavy atom. The SMILES string of the molecule is C.C.CCC[CH2][Sn]([CH2]CCC)([CH2]CCC)[c]1ccc(F)c([C@H]2CCCN2c2ccn3ncc(NC(=O)N4CC[C@H](O)C4)c3n2)c1.Cc1ccc(F)c([C@H]2CCCN2c2ccn3ncc(NC(=O)N4CC[C@H](O)C4)c3n2)c1.[CH3-].[I-].[Na+]. The molecule has 79 heavy (non-hydrogen) atoms. The molecule has 0 spiro atoms. The quantitative estimate of drug-likeness (QED) is 0.0535. The Bertz CT molecular complexity index is 2890. The predicted octanol–water partition coefficient (Wildman–Crippen LogP) is 5.71. The van der Waals surface area contributed by atoms with Crippen molar-refractivity contribution in [2.45, 2.75) is 157 Å². The average molecular weight is 1320 g/mol. The van der Waals surface area contributed by atoms with Crippen molar-refractivity contribution in [3.63, 3.8) is 0 Å². The number of anilines is 4. The summed E-state index contributed by atoms with van der Waals surface area (Å²) in [6.07, 6.45) is 18.2. The largest absolute Gasteiger partial charge is 1.00 e. The summed E-state index contributed by atoms with van der Waals surface area (Å²) in [7, 11) is 0. The molecule has 6 aromatic rings. The third-order valence-corrected chi connectivity index (χ3v) is 31.3. The Hall–Kier alpha value is -3.87. The van der Waals surface area contributed by atoms with Crippen molar-refractivity contribution in [1.29, 1.82) is 0 Å². The third-order valence-electron chi connectivity index (χ3n) is 15.7. The Morgan fingerprint density at radius 3 is 1.49 bits per heavy atom. The van der Waals surface area contributed by atoms with Crippen LogP contribution < -0.4 is 77.5 Å². The summed E-state index contributed by atoms with van der Waals surface area (Å²) in [5, 5.41) is 34.0. The van der Waals surface area contributed by atoms with Gasteiger partial charge in [0.2, 0.25) is 0 Å². The molecule has 0 radical (unpaired) electrons. The van der Waals surface area contributed by atoms with Crippen molar-refractivity contribution in [2.24, 2.45) is 0 Å². The van der Waals surface area contributed by atoms with Crippen LogP contribution in [0.15, 0.2) is 73.3 Å². The van der Waals surface area contributed by atoms with Crippen LogP contribution in [0.2, 0.25) is 13.3 Å². The summed E-state index contributed by atoms with van der Waals surface area (Å²) in [6, 6.07) is 14.5. The summed E-state index contributed by atoms with van der Waals surface area (Å²) in [6.45, 7) is 12.1. The Labute approximate surface area is 511 Å². The number of hydrogen-bond donors (Lipinski definition) is 4. The topological polar surface area (TPSA) is 172 Å². The third kappa shape index (κ3) is 15.6. The summed E-state index contributed by atoms with van der Waals surface area (Å²) >= 11 is -2.73. The number of urea groups is 2. The summed E-state index contributed by atoms with van der Waals surface area (Å²) in [5.41, 5.74) is 4.65. The van der Waals surface area contributed by atoms with Crippen molar-refractivity contribution >= 4 is 68.3 Å². The molecular weight excluding hydrogens is 1240 g/mol. The fraction of sp³-hybridized carbons (Fsp3) is 0.534. The number of aliphatic hydroxyl groups is 2. The zero-order valence-electron chi connectivity index (χ0n) is 45.9. The molecule has 16 nitrogen and oxygen atoms in total. The number of nitrogens with one attached hydrogen (secondary N) is 2. The smallest absolute Gasteiger partial charge is 1.00 e. The molecule has 10 rings (SSSR count). The van der Waals surface area contributed by atoms with Gasteiger partial charge in [0.25, 0.3) is 0 Å². The van der Waals surface area contributed by atoms with Crippen LogP contribution in [0.25, 0.3) is 11.3 Å². The zero-order chi connectivity index (χ0) is 51.9. The molecule has 4 fully saturated rings. The number of nitrogens with zero attached hydrogens (tertiary/aromatic N) is 10. The first-order chi connectivity index (χ1) is 35.9. The van der Waals surface area contributed by atoms with Gasteiger partial charge in [-0.05, 0) is 44.7 Å². The number of rotatable bonds is 16. The number of unbranched alkanes of at least 4 members (excludes halogenated alkanes) is 3. The standard InChI is InChI=1S/C22H25FN6O2.C21H22FN6O2.3C4H9.2CH4.CH3.HI.Na.Sn/c1-14-4-5-17(23)16(11-14)19-3-2-8-28(19)20-7-10-29-21(26-20)18(12-24-29)25-22(31)27-9-6-15(30)13-27;22-16-5-2-1-4-15(16)18-6-3-9-27(18)19-8-11-28-20(25-19)17(12-23-28)24-21(30)26-10-7-14(29)13-26;3*1-3-4-2;;;;;;/h4-5,7,10-12,15,19,30H,2-3,6,8-9,13H2,1H3,(H,25,31);2,4-5,8,11-12,14,18,29H,3,6-7,9-10,13H2,(H,24,30);3*1,3-4H2,2H3;2*1H4;1H3;1H;;/q;;;;;;;-1;;+1;/p-1/t15-,19+;14-,18+;;;;;;;;;/m00........./s1. The number of aromatic nitrogens is 6. The molecule has 2 aromatic carbocycles. The number of carbonyl (C=O) groups excluding carboxylic acids is 2. The van der Waals surface area contributed by atoms with E-state index in [1.165, 1.54) is 61.5 Å². The number of halogens is 3. The molecule has 0 saturated carbocycles. The number of likely N-dealkylation sites (tertiary alicyclic amines) is 2. The minimum absolute atomic E-state index is 0. The molecule has 4 amide bonds. The van der Waals surface area contributed by atoms with Gasteiger partial charge in [0, 0.05) is 44.5 Å². The van der Waals surface area contributed by atoms with E-state index in [-0.39, 0.29) is 112 Å². The monoisotopic (exact) mass is 1320 g/mol. The number of benzene rings is 2. The second kappa shape index (κ2) is 31.0. The van der Waals surface area contributed by atoms with Crippen LogP contribution in [0.5, 0.6) is 0 Å². The molecule has 4 aliphatic heterocycles. The molecule has 4 saturated heterocycles. The molecule has 428 valence electrons. The number of aryl methyl sites for hydroxylation is 1. The van der Waals surface area contributed by atoms with Crippen LogP contribution in [0.3, 0.4) is 0 Å². The van der Waals surface area contributed by atoms with Gasteiger partial charge in [-0.25, -0.2) is 18.7 Å². The number of fused-ring (bicyclic) bond motifs is 2. The second-order valence-electron chi connectivity index (χ2n) is 20.9. The van der Waals surface area contributed by atoms with Gasteiger partial charge in [0.1, 0.15) is 17.3 Å². The van der Waals surface area contributed by atoms with Gasteiger partial charge in [-0.2, -0.15) is 5.10 Å². The fourth-order valence-electron chi connectivity index (χ4n) is 11.6. The molecule has 4 aliphatic rings. The first-order valence-electron chi connectivity index (χ1n) is 27.1. The molecule has 0 aliphatic carbocycles. The van der Waals surface area contributed by atoms with Crippen molar-refractivity contribution in [3.8, 4) is 0 Å². The van der Waals surface area contributed by atoms with Crippen molar-refractivity contribution < 1.29 is 82.1 Å². The van der Waals surface area contributed by atoms with Crippen molar-refractivity contribution in [1.82, 2.24) is 39.0 Å². The summed E-state index contributed by atoms with van der Waals surface area (Å²) in [5.74, 6) is 1.18. The van der Waals surface area contributed by atoms with Crippen LogP contribution in [0, 0.1) is 26.0 Å². The van der Waals surface area contributed by atoms with E-state index in [1.807, 2.05) is 31.3 Å². The Morgan fingerprint density at radius 1 is 0.646 bits per heavy atom. The Kier molecular flexibility index (Phi) is 26.5. The second-order valence-corrected chi connectivity index (χ2v) is 34.2. The molecular formula is C58H85F2IN12NaO4Sn-. The van der Waals surface area contributed by atoms with Crippen molar-refractivity contribution in [2.75, 3.05) is 59.7 Å². The molecule has 4 atom stereocenters. The van der Waals surface area contributed by atoms with Crippen LogP contribution >= 0.6 is 0 Å². The average Bonchev–Trinajstić information content (AvgIpc) is 4.36. The van der Waals surface area contributed by atoms with E-state index in [1.54, 1.807) is 49.6 Å². The minimum atomic E-state index is -2.73. The normalized spacial score (nSPS) is 18.7. The fourth-order valence-corrected chi connectivity index (χ4v) is 27.6. The maximum absolute atomic E-state index is 15.7. The number of β-amino-alcohol motifs (C(OH)–C–C–N with tert-alkyl or cyclic N) is 2. The van der Waals surface area contributed by atoms with Gasteiger partial charge in [-0.3, -0.25) is 0 Å². The summed E-state index contributed by atoms with van der Waals surface area (Å²) in [4.78, 5) is 42.6. The van der Waals surface area contributed by atoms with Crippen LogP contribution in [0.1, 0.15) is 141 Å². The number of carbonyl (C=O) groups is 2. The van der Waals surface area contributed by atoms with Crippen LogP contribution in [0.4, 0.5) is 41.4 Å². The first-order valence-corrected chi connectivity index (χ1v) is 34.6. The van der Waals surface area contributed by atoms with Gasteiger partial charge in [0.15, 0.2) is 5.65 Å². The van der Waals surface area contributed by atoms with Crippen LogP contribution in [-0.4, -0.2) is 131 Å². The molecule has 0 unspecified atom stereocenters. The minimum Gasteiger partial charge on any atom is -1.00 e. The van der Waals surface area contributed by atoms with E-state index in [9.17, 15) is 24.2 Å². The van der Waals surface area contributed by atoms with Crippen molar-refractivity contribution in [3.05, 3.63) is 109 Å². The van der Waals surface area contributed by atoms with E-state index in [4.69, 9.17) is 9.97 Å². The van der Waals surface area contributed by atoms with Crippen LogP contribution in [-0.2, 0) is 0 Å². The maximum Gasteiger partial charge on any atom is 1.00 e. The van der Waals surface area contributed by atoms with Gasteiger partial charge < -0.3 is 56.7 Å². The molecule has 0 bridgehead atoms. The molecule has 4 aromatic heterocycles. The maximum atomic E-state index is 15.7. The number of amides is 4. The first kappa shape index (κ1) is 67.6. The van der Waals surface area contributed by atoms with Gasteiger partial charge in [-0.15, -0.1) is 0 Å². The van der Waals surface area contributed by atoms with Gasteiger partial charge >= 0.3 is 266 Å². The summed E-state index contributed by atoms with van der Waals surface area (Å²) < 4.78 is 39.1. The van der Waals surface area contributed by atoms with E-state index in [0.717, 1.165) is 61.5 Å². The number of aliphatic hydroxyl groups excluding tert-OH is 2. The van der Waals surface area contributed by atoms with Gasteiger partial charge in [-0.1, -0.05) is 32.5 Å². The Balaban J connectivity index is 0.000000334.